The van der Waals surface area contributed by atoms with Gasteiger partial charge in [0.2, 0.25) is 0 Å². The molecular formula is C23H22N2O3S. The number of thioether (sulfide) groups is 1. The van der Waals surface area contributed by atoms with E-state index >= 15 is 0 Å². The molecule has 3 aromatic carbocycles. The molecule has 1 atom stereocenters. The molecule has 0 aliphatic carbocycles. The van der Waals surface area contributed by atoms with Gasteiger partial charge in [-0.2, -0.15) is 0 Å². The fourth-order valence-electron chi connectivity index (χ4n) is 3.26. The second kappa shape index (κ2) is 8.68. The largest absolute Gasteiger partial charge is 0.490 e. The highest BCUT2D eigenvalue weighted by Gasteiger charge is 2.13. The van der Waals surface area contributed by atoms with Crippen molar-refractivity contribution in [2.24, 2.45) is 0 Å². The lowest BCUT2D eigenvalue weighted by atomic mass is 10.1. The number of aromatic nitrogens is 2. The minimum absolute atomic E-state index is 0.0536. The van der Waals surface area contributed by atoms with Gasteiger partial charge in [0.1, 0.15) is 12.4 Å². The Morgan fingerprint density at radius 3 is 2.59 bits per heavy atom. The van der Waals surface area contributed by atoms with Crippen LogP contribution in [0.4, 0.5) is 0 Å². The van der Waals surface area contributed by atoms with Crippen molar-refractivity contribution < 1.29 is 9.84 Å². The first-order valence-electron chi connectivity index (χ1n) is 9.58. The van der Waals surface area contributed by atoms with Crippen LogP contribution in [0.15, 0.2) is 76.7 Å². The number of fused-ring (bicyclic) bond motifs is 2. The zero-order valence-electron chi connectivity index (χ0n) is 16.1. The summed E-state index contributed by atoms with van der Waals surface area (Å²) in [5.41, 5.74) is 0.619. The topological polar surface area (TPSA) is 64.3 Å². The maximum atomic E-state index is 12.7. The second-order valence-corrected chi connectivity index (χ2v) is 7.70. The minimum atomic E-state index is -0.687. The SMILES string of the molecule is CCn1c(SC[C@H](O)COc2cccc3ccccc23)nc2ccccc2c1=O. The summed E-state index contributed by atoms with van der Waals surface area (Å²) >= 11 is 1.37. The zero-order valence-corrected chi connectivity index (χ0v) is 16.9. The molecule has 0 saturated heterocycles. The minimum Gasteiger partial charge on any atom is -0.490 e. The normalized spacial score (nSPS) is 12.3. The Balaban J connectivity index is 1.46. The van der Waals surface area contributed by atoms with Gasteiger partial charge in [0.25, 0.3) is 5.56 Å². The fraction of sp³-hybridized carbons (Fsp3) is 0.217. The standard InChI is InChI=1S/C23H22N2O3S/c1-2-25-22(27)19-11-5-6-12-20(19)24-23(25)29-15-17(26)14-28-21-13-7-9-16-8-3-4-10-18(16)21/h3-13,17,26H,2,14-15H2,1H3/t17-/m1/s1. The molecule has 6 heteroatoms. The van der Waals surface area contributed by atoms with Gasteiger partial charge >= 0.3 is 0 Å². The summed E-state index contributed by atoms with van der Waals surface area (Å²) in [6, 6.07) is 21.2. The van der Waals surface area contributed by atoms with Crippen molar-refractivity contribution in [1.82, 2.24) is 9.55 Å². The summed E-state index contributed by atoms with van der Waals surface area (Å²) in [6.07, 6.45) is -0.687. The monoisotopic (exact) mass is 406 g/mol. The van der Waals surface area contributed by atoms with Crippen LogP contribution in [0.5, 0.6) is 5.75 Å². The molecule has 1 aromatic heterocycles. The average molecular weight is 407 g/mol. The van der Waals surface area contributed by atoms with Crippen molar-refractivity contribution in [1.29, 1.82) is 0 Å². The van der Waals surface area contributed by atoms with Gasteiger partial charge in [0.15, 0.2) is 5.16 Å². The van der Waals surface area contributed by atoms with Gasteiger partial charge in [-0.05, 0) is 30.5 Å². The molecule has 0 aliphatic heterocycles. The van der Waals surface area contributed by atoms with Crippen molar-refractivity contribution in [3.8, 4) is 5.75 Å². The van der Waals surface area contributed by atoms with Gasteiger partial charge < -0.3 is 9.84 Å². The fourth-order valence-corrected chi connectivity index (χ4v) is 4.23. The molecule has 29 heavy (non-hydrogen) atoms. The first-order chi connectivity index (χ1) is 14.2. The van der Waals surface area contributed by atoms with E-state index < -0.39 is 6.10 Å². The number of rotatable bonds is 7. The van der Waals surface area contributed by atoms with Crippen LogP contribution in [0.2, 0.25) is 0 Å². The lowest BCUT2D eigenvalue weighted by Crippen LogP contribution is -2.24. The first-order valence-corrected chi connectivity index (χ1v) is 10.6. The molecular weight excluding hydrogens is 384 g/mol. The van der Waals surface area contributed by atoms with Gasteiger partial charge in [-0.25, -0.2) is 4.98 Å². The van der Waals surface area contributed by atoms with Crippen LogP contribution >= 0.6 is 11.8 Å². The number of aliphatic hydroxyl groups excluding tert-OH is 1. The van der Waals surface area contributed by atoms with Crippen molar-refractivity contribution in [3.05, 3.63) is 77.1 Å². The number of ether oxygens (including phenoxy) is 1. The third-order valence-electron chi connectivity index (χ3n) is 4.73. The molecule has 0 bridgehead atoms. The van der Waals surface area contributed by atoms with Crippen molar-refractivity contribution in [3.63, 3.8) is 0 Å². The van der Waals surface area contributed by atoms with Crippen molar-refractivity contribution in [2.75, 3.05) is 12.4 Å². The van der Waals surface area contributed by atoms with Crippen LogP contribution in [-0.2, 0) is 6.54 Å². The number of hydrogen-bond donors (Lipinski definition) is 1. The highest BCUT2D eigenvalue weighted by atomic mass is 32.2. The Kier molecular flexibility index (Phi) is 5.83. The molecule has 0 amide bonds. The van der Waals surface area contributed by atoms with E-state index in [4.69, 9.17) is 4.74 Å². The van der Waals surface area contributed by atoms with Gasteiger partial charge in [-0.1, -0.05) is 60.3 Å². The molecule has 148 valence electrons. The summed E-state index contributed by atoms with van der Waals surface area (Å²) in [7, 11) is 0. The quantitative estimate of drug-likeness (QED) is 0.370. The Hall–Kier alpha value is -2.83. The van der Waals surface area contributed by atoms with Crippen LogP contribution in [-0.4, -0.2) is 33.1 Å². The smallest absolute Gasteiger partial charge is 0.262 e. The van der Waals surface area contributed by atoms with E-state index in [1.807, 2.05) is 67.6 Å². The third kappa shape index (κ3) is 4.13. The Morgan fingerprint density at radius 2 is 1.76 bits per heavy atom. The highest BCUT2D eigenvalue weighted by molar-refractivity contribution is 7.99. The number of nitrogens with zero attached hydrogens (tertiary/aromatic N) is 2. The predicted octanol–water partition coefficient (Wildman–Crippen LogP) is 4.10. The summed E-state index contributed by atoms with van der Waals surface area (Å²) in [4.78, 5) is 17.3. The first kappa shape index (κ1) is 19.5. The zero-order chi connectivity index (χ0) is 20.2. The molecule has 5 nitrogen and oxygen atoms in total. The molecule has 4 rings (SSSR count). The summed E-state index contributed by atoms with van der Waals surface area (Å²) in [6.45, 7) is 2.62. The molecule has 0 spiro atoms. The van der Waals surface area contributed by atoms with E-state index in [2.05, 4.69) is 4.98 Å². The predicted molar refractivity (Wildman–Crippen MR) is 118 cm³/mol. The Bertz CT molecular complexity index is 1200. The van der Waals surface area contributed by atoms with Gasteiger partial charge in [-0.15, -0.1) is 0 Å². The molecule has 0 aliphatic rings. The molecule has 1 N–H and O–H groups in total. The molecule has 4 aromatic rings. The van der Waals surface area contributed by atoms with E-state index in [-0.39, 0.29) is 12.2 Å². The molecule has 0 radical (unpaired) electrons. The van der Waals surface area contributed by atoms with Crippen molar-refractivity contribution >= 4 is 33.4 Å². The van der Waals surface area contributed by atoms with Gasteiger partial charge in [-0.3, -0.25) is 9.36 Å². The molecule has 0 unspecified atom stereocenters. The Morgan fingerprint density at radius 1 is 1.03 bits per heavy atom. The summed E-state index contributed by atoms with van der Waals surface area (Å²) in [5.74, 6) is 1.14. The Labute approximate surface area is 173 Å². The van der Waals surface area contributed by atoms with E-state index in [0.717, 1.165) is 16.5 Å². The van der Waals surface area contributed by atoms with E-state index in [1.54, 1.807) is 10.6 Å². The van der Waals surface area contributed by atoms with E-state index in [9.17, 15) is 9.90 Å². The van der Waals surface area contributed by atoms with Gasteiger partial charge in [0.05, 0.1) is 17.0 Å². The van der Waals surface area contributed by atoms with Crippen LogP contribution in [0.25, 0.3) is 21.7 Å². The number of benzene rings is 3. The second-order valence-electron chi connectivity index (χ2n) is 6.71. The third-order valence-corrected chi connectivity index (χ3v) is 5.85. The van der Waals surface area contributed by atoms with E-state index in [1.165, 1.54) is 11.8 Å². The number of aliphatic hydroxyl groups is 1. The lowest BCUT2D eigenvalue weighted by Gasteiger charge is -2.15. The molecule has 0 fully saturated rings. The maximum absolute atomic E-state index is 12.7. The molecule has 1 heterocycles. The van der Waals surface area contributed by atoms with Gasteiger partial charge in [0, 0.05) is 17.7 Å². The lowest BCUT2D eigenvalue weighted by molar-refractivity contribution is 0.127. The summed E-state index contributed by atoms with van der Waals surface area (Å²) < 4.78 is 7.51. The maximum Gasteiger partial charge on any atom is 0.262 e. The van der Waals surface area contributed by atoms with Crippen LogP contribution in [0.1, 0.15) is 6.92 Å². The summed E-state index contributed by atoms with van der Waals surface area (Å²) in [5, 5.41) is 13.8. The molecule has 0 saturated carbocycles. The van der Waals surface area contributed by atoms with Crippen LogP contribution in [0.3, 0.4) is 0 Å². The van der Waals surface area contributed by atoms with Crippen LogP contribution in [0, 0.1) is 0 Å². The number of hydrogen-bond acceptors (Lipinski definition) is 5. The van der Waals surface area contributed by atoms with E-state index in [0.29, 0.717) is 28.4 Å². The average Bonchev–Trinajstić information content (AvgIpc) is 2.76. The van der Waals surface area contributed by atoms with Crippen molar-refractivity contribution in [2.45, 2.75) is 24.7 Å². The van der Waals surface area contributed by atoms with Crippen LogP contribution < -0.4 is 10.3 Å². The number of para-hydroxylation sites is 1. The highest BCUT2D eigenvalue weighted by Crippen LogP contribution is 2.25.